The molecule has 0 aliphatic carbocycles. The van der Waals surface area contributed by atoms with Crippen molar-refractivity contribution < 1.29 is 4.74 Å². The van der Waals surface area contributed by atoms with Crippen LogP contribution in [0.15, 0.2) is 17.6 Å². The Hall–Kier alpha value is -1.13. The van der Waals surface area contributed by atoms with E-state index in [9.17, 15) is 0 Å². The fourth-order valence-corrected chi connectivity index (χ4v) is 2.83. The molecule has 0 radical (unpaired) electrons. The SMILES string of the molecule is Cc1ncsc1CCOc1cc(CCl)cc(C(C)(C)C)n1. The minimum absolute atomic E-state index is 0.0194. The van der Waals surface area contributed by atoms with Crippen LogP contribution in [0, 0.1) is 6.92 Å². The largest absolute Gasteiger partial charge is 0.477 e. The number of thiazole rings is 1. The molecule has 0 N–H and O–H groups in total. The molecule has 0 fully saturated rings. The van der Waals surface area contributed by atoms with Gasteiger partial charge >= 0.3 is 0 Å². The van der Waals surface area contributed by atoms with Crippen LogP contribution >= 0.6 is 22.9 Å². The van der Waals surface area contributed by atoms with Gasteiger partial charge in [0.05, 0.1) is 23.5 Å². The van der Waals surface area contributed by atoms with Gasteiger partial charge in [-0.3, -0.25) is 0 Å². The van der Waals surface area contributed by atoms with Crippen molar-refractivity contribution in [2.75, 3.05) is 6.61 Å². The molecular formula is C16H21ClN2OS. The highest BCUT2D eigenvalue weighted by Gasteiger charge is 2.17. The first-order chi connectivity index (χ1) is 9.90. The third kappa shape index (κ3) is 4.42. The van der Waals surface area contributed by atoms with Crippen molar-refractivity contribution in [3.63, 3.8) is 0 Å². The van der Waals surface area contributed by atoms with Gasteiger partial charge in [-0.1, -0.05) is 20.8 Å². The van der Waals surface area contributed by atoms with Gasteiger partial charge in [-0.15, -0.1) is 22.9 Å². The summed E-state index contributed by atoms with van der Waals surface area (Å²) in [6, 6.07) is 3.97. The number of hydrogen-bond acceptors (Lipinski definition) is 4. The first-order valence-corrected chi connectivity index (χ1v) is 8.40. The summed E-state index contributed by atoms with van der Waals surface area (Å²) in [5, 5.41) is 0. The summed E-state index contributed by atoms with van der Waals surface area (Å²) >= 11 is 7.63. The second-order valence-electron chi connectivity index (χ2n) is 6.04. The van der Waals surface area contributed by atoms with E-state index in [1.165, 1.54) is 4.88 Å². The van der Waals surface area contributed by atoms with Crippen molar-refractivity contribution in [1.29, 1.82) is 0 Å². The predicted octanol–water partition coefficient (Wildman–Crippen LogP) is 4.50. The lowest BCUT2D eigenvalue weighted by Gasteiger charge is -2.19. The van der Waals surface area contributed by atoms with E-state index in [1.54, 1.807) is 11.3 Å². The zero-order chi connectivity index (χ0) is 15.5. The lowest BCUT2D eigenvalue weighted by Crippen LogP contribution is -2.15. The molecule has 0 amide bonds. The minimum Gasteiger partial charge on any atom is -0.477 e. The highest BCUT2D eigenvalue weighted by molar-refractivity contribution is 7.09. The van der Waals surface area contributed by atoms with Crippen molar-refractivity contribution in [1.82, 2.24) is 9.97 Å². The number of nitrogens with zero attached hydrogens (tertiary/aromatic N) is 2. The molecule has 0 saturated heterocycles. The van der Waals surface area contributed by atoms with Crippen molar-refractivity contribution >= 4 is 22.9 Å². The van der Waals surface area contributed by atoms with Crippen molar-refractivity contribution in [3.05, 3.63) is 39.5 Å². The average Bonchev–Trinajstić information content (AvgIpc) is 2.83. The van der Waals surface area contributed by atoms with E-state index in [2.05, 4.69) is 30.7 Å². The van der Waals surface area contributed by atoms with Gasteiger partial charge in [0.1, 0.15) is 0 Å². The Morgan fingerprint density at radius 2 is 2.05 bits per heavy atom. The first-order valence-electron chi connectivity index (χ1n) is 6.99. The lowest BCUT2D eigenvalue weighted by molar-refractivity contribution is 0.307. The molecular weight excluding hydrogens is 304 g/mol. The molecule has 2 rings (SSSR count). The van der Waals surface area contributed by atoms with Gasteiger partial charge in [-0.25, -0.2) is 9.97 Å². The van der Waals surface area contributed by atoms with Crippen LogP contribution in [0.1, 0.15) is 42.6 Å². The summed E-state index contributed by atoms with van der Waals surface area (Å²) in [7, 11) is 0. The molecule has 0 atom stereocenters. The summed E-state index contributed by atoms with van der Waals surface area (Å²) in [5.74, 6) is 1.12. The van der Waals surface area contributed by atoms with Gasteiger partial charge < -0.3 is 4.74 Å². The number of aryl methyl sites for hydroxylation is 1. The number of pyridine rings is 1. The maximum atomic E-state index is 5.97. The van der Waals surface area contributed by atoms with Gasteiger partial charge in [0.15, 0.2) is 0 Å². The average molecular weight is 325 g/mol. The fourth-order valence-electron chi connectivity index (χ4n) is 1.91. The second kappa shape index (κ2) is 6.75. The summed E-state index contributed by atoms with van der Waals surface area (Å²) < 4.78 is 5.82. The van der Waals surface area contributed by atoms with E-state index >= 15 is 0 Å². The number of aromatic nitrogens is 2. The summed E-state index contributed by atoms with van der Waals surface area (Å²) in [6.07, 6.45) is 0.855. The predicted molar refractivity (Wildman–Crippen MR) is 88.5 cm³/mol. The quantitative estimate of drug-likeness (QED) is 0.759. The molecule has 114 valence electrons. The third-order valence-corrected chi connectivity index (χ3v) is 4.51. The Labute approximate surface area is 135 Å². The zero-order valence-corrected chi connectivity index (χ0v) is 14.5. The minimum atomic E-state index is -0.0194. The van der Waals surface area contributed by atoms with Crippen LogP contribution in [0.3, 0.4) is 0 Å². The molecule has 0 aromatic carbocycles. The van der Waals surface area contributed by atoms with Gasteiger partial charge in [-0.05, 0) is 18.6 Å². The highest BCUT2D eigenvalue weighted by atomic mass is 35.5. The summed E-state index contributed by atoms with van der Waals surface area (Å²) in [5.41, 5.74) is 4.98. The number of alkyl halides is 1. The Morgan fingerprint density at radius 1 is 1.29 bits per heavy atom. The number of rotatable bonds is 5. The maximum Gasteiger partial charge on any atom is 0.213 e. The lowest BCUT2D eigenvalue weighted by atomic mass is 9.91. The molecule has 0 aliphatic rings. The Bertz CT molecular complexity index is 605. The molecule has 3 nitrogen and oxygen atoms in total. The Kier molecular flexibility index (Phi) is 5.22. The van der Waals surface area contributed by atoms with E-state index in [-0.39, 0.29) is 5.41 Å². The standard InChI is InChI=1S/C16H21ClN2OS/c1-11-13(21-10-18-11)5-6-20-15-8-12(9-17)7-14(19-15)16(2,3)4/h7-8,10H,5-6,9H2,1-4H3. The molecule has 0 saturated carbocycles. The van der Waals surface area contributed by atoms with E-state index in [0.717, 1.165) is 23.4 Å². The molecule has 0 unspecified atom stereocenters. The van der Waals surface area contributed by atoms with Crippen molar-refractivity contribution in [2.45, 2.75) is 45.4 Å². The molecule has 2 aromatic rings. The van der Waals surface area contributed by atoms with Crippen LogP contribution in [-0.2, 0) is 17.7 Å². The van der Waals surface area contributed by atoms with Gasteiger partial charge in [-0.2, -0.15) is 0 Å². The number of ether oxygens (including phenoxy) is 1. The Balaban J connectivity index is 2.07. The molecule has 0 spiro atoms. The molecule has 21 heavy (non-hydrogen) atoms. The van der Waals surface area contributed by atoms with Gasteiger partial charge in [0.25, 0.3) is 0 Å². The smallest absolute Gasteiger partial charge is 0.213 e. The first kappa shape index (κ1) is 16.2. The monoisotopic (exact) mass is 324 g/mol. The number of hydrogen-bond donors (Lipinski definition) is 0. The summed E-state index contributed by atoms with van der Waals surface area (Å²) in [6.45, 7) is 9.04. The van der Waals surface area contributed by atoms with Crippen molar-refractivity contribution in [3.8, 4) is 5.88 Å². The van der Waals surface area contributed by atoms with Crippen LogP contribution in [0.5, 0.6) is 5.88 Å². The van der Waals surface area contributed by atoms with Crippen LogP contribution < -0.4 is 4.74 Å². The van der Waals surface area contributed by atoms with Crippen LogP contribution in [-0.4, -0.2) is 16.6 Å². The molecule has 2 heterocycles. The van der Waals surface area contributed by atoms with Gasteiger partial charge in [0, 0.05) is 28.7 Å². The normalized spacial score (nSPS) is 11.7. The summed E-state index contributed by atoms with van der Waals surface area (Å²) in [4.78, 5) is 10.1. The Morgan fingerprint density at radius 3 is 2.62 bits per heavy atom. The van der Waals surface area contributed by atoms with Crippen LogP contribution in [0.2, 0.25) is 0 Å². The maximum absolute atomic E-state index is 5.97. The van der Waals surface area contributed by atoms with Crippen LogP contribution in [0.4, 0.5) is 0 Å². The fraction of sp³-hybridized carbons (Fsp3) is 0.500. The molecule has 0 aliphatic heterocycles. The third-order valence-electron chi connectivity index (χ3n) is 3.21. The molecule has 0 bridgehead atoms. The van der Waals surface area contributed by atoms with E-state index in [4.69, 9.17) is 16.3 Å². The van der Waals surface area contributed by atoms with E-state index < -0.39 is 0 Å². The van der Waals surface area contributed by atoms with E-state index in [1.807, 2.05) is 24.6 Å². The highest BCUT2D eigenvalue weighted by Crippen LogP contribution is 2.25. The molecule has 2 aromatic heterocycles. The van der Waals surface area contributed by atoms with Gasteiger partial charge in [0.2, 0.25) is 5.88 Å². The van der Waals surface area contributed by atoms with E-state index in [0.29, 0.717) is 18.4 Å². The second-order valence-corrected chi connectivity index (χ2v) is 7.25. The van der Waals surface area contributed by atoms with Crippen LogP contribution in [0.25, 0.3) is 0 Å². The topological polar surface area (TPSA) is 35.0 Å². The van der Waals surface area contributed by atoms with Crippen molar-refractivity contribution in [2.24, 2.45) is 0 Å². The molecule has 5 heteroatoms. The number of halogens is 1. The zero-order valence-electron chi connectivity index (χ0n) is 12.9.